The third-order valence-corrected chi connectivity index (χ3v) is 4.03. The molecule has 0 aliphatic carbocycles. The standard InChI is InChI=1S/C19H20N2O3/c1-12-8-13(2)10-14(9-12)19(23)21-11-17(18(22)20-3)24-16-7-5-4-6-15(16)21/h4-10,17H,11H2,1-3H3,(H,20,22)/t17-/m0/s1. The first-order valence-electron chi connectivity index (χ1n) is 7.87. The smallest absolute Gasteiger partial charge is 0.262 e. The highest BCUT2D eigenvalue weighted by Gasteiger charge is 2.33. The number of carbonyl (C=O) groups is 2. The van der Waals surface area contributed by atoms with E-state index in [1.807, 2.05) is 50.2 Å². The Morgan fingerprint density at radius 2 is 1.79 bits per heavy atom. The monoisotopic (exact) mass is 324 g/mol. The molecule has 0 spiro atoms. The first kappa shape index (κ1) is 16.1. The quantitative estimate of drug-likeness (QED) is 0.923. The third-order valence-electron chi connectivity index (χ3n) is 4.03. The van der Waals surface area contributed by atoms with E-state index in [2.05, 4.69) is 5.32 Å². The highest BCUT2D eigenvalue weighted by molar-refractivity contribution is 6.08. The van der Waals surface area contributed by atoms with Crippen molar-refractivity contribution in [3.8, 4) is 5.75 Å². The molecule has 1 aliphatic heterocycles. The number of benzene rings is 2. The van der Waals surface area contributed by atoms with Crippen molar-refractivity contribution in [2.75, 3.05) is 18.5 Å². The van der Waals surface area contributed by atoms with Gasteiger partial charge in [0.15, 0.2) is 6.10 Å². The third kappa shape index (κ3) is 2.97. The molecule has 0 aromatic heterocycles. The van der Waals surface area contributed by atoms with Gasteiger partial charge in [-0.1, -0.05) is 29.3 Å². The average molecular weight is 324 g/mol. The zero-order chi connectivity index (χ0) is 17.3. The van der Waals surface area contributed by atoms with E-state index in [-0.39, 0.29) is 18.4 Å². The number of carbonyl (C=O) groups excluding carboxylic acids is 2. The molecule has 2 amide bonds. The average Bonchev–Trinajstić information content (AvgIpc) is 2.58. The molecule has 1 aliphatic rings. The molecule has 0 unspecified atom stereocenters. The molecule has 1 heterocycles. The van der Waals surface area contributed by atoms with Crippen molar-refractivity contribution in [3.05, 3.63) is 59.2 Å². The Hall–Kier alpha value is -2.82. The molecule has 2 aromatic rings. The highest BCUT2D eigenvalue weighted by Crippen LogP contribution is 2.34. The summed E-state index contributed by atoms with van der Waals surface area (Å²) in [5.41, 5.74) is 3.35. The fraction of sp³-hybridized carbons (Fsp3) is 0.263. The zero-order valence-corrected chi connectivity index (χ0v) is 14.0. The van der Waals surface area contributed by atoms with Crippen LogP contribution < -0.4 is 15.0 Å². The predicted octanol–water partition coefficient (Wildman–Crippen LogP) is 2.46. The number of anilines is 1. The van der Waals surface area contributed by atoms with Gasteiger partial charge < -0.3 is 15.0 Å². The number of likely N-dealkylation sites (N-methyl/N-ethyl adjacent to an activating group) is 1. The van der Waals surface area contributed by atoms with E-state index in [1.165, 1.54) is 0 Å². The largest absolute Gasteiger partial charge is 0.477 e. The van der Waals surface area contributed by atoms with Crippen molar-refractivity contribution in [3.63, 3.8) is 0 Å². The number of hydrogen-bond acceptors (Lipinski definition) is 3. The van der Waals surface area contributed by atoms with Crippen LogP contribution in [0.1, 0.15) is 21.5 Å². The lowest BCUT2D eigenvalue weighted by Gasteiger charge is -2.34. The van der Waals surface area contributed by atoms with Gasteiger partial charge in [0.25, 0.3) is 11.8 Å². The summed E-state index contributed by atoms with van der Waals surface area (Å²) in [6.07, 6.45) is -0.722. The Balaban J connectivity index is 2.01. The van der Waals surface area contributed by atoms with Gasteiger partial charge >= 0.3 is 0 Å². The summed E-state index contributed by atoms with van der Waals surface area (Å²) < 4.78 is 5.74. The van der Waals surface area contributed by atoms with Crippen LogP contribution in [0.5, 0.6) is 5.75 Å². The van der Waals surface area contributed by atoms with Gasteiger partial charge in [-0.3, -0.25) is 9.59 Å². The van der Waals surface area contributed by atoms with Gasteiger partial charge in [-0.15, -0.1) is 0 Å². The minimum Gasteiger partial charge on any atom is -0.477 e. The Morgan fingerprint density at radius 3 is 2.46 bits per heavy atom. The maximum Gasteiger partial charge on any atom is 0.262 e. The molecular formula is C19H20N2O3. The fourth-order valence-corrected chi connectivity index (χ4v) is 2.98. The summed E-state index contributed by atoms with van der Waals surface area (Å²) in [6.45, 7) is 4.11. The van der Waals surface area contributed by atoms with E-state index < -0.39 is 6.10 Å². The minimum absolute atomic E-state index is 0.133. The van der Waals surface area contributed by atoms with Gasteiger partial charge in [0.2, 0.25) is 0 Å². The maximum absolute atomic E-state index is 13.1. The van der Waals surface area contributed by atoms with E-state index >= 15 is 0 Å². The summed E-state index contributed by atoms with van der Waals surface area (Å²) in [6, 6.07) is 13.0. The lowest BCUT2D eigenvalue weighted by atomic mass is 10.0. The lowest BCUT2D eigenvalue weighted by Crippen LogP contribution is -2.50. The van der Waals surface area contributed by atoms with Gasteiger partial charge in [-0.25, -0.2) is 0 Å². The predicted molar refractivity (Wildman–Crippen MR) is 92.5 cm³/mol. The van der Waals surface area contributed by atoms with Crippen LogP contribution in [0.15, 0.2) is 42.5 Å². The highest BCUT2D eigenvalue weighted by atomic mass is 16.5. The van der Waals surface area contributed by atoms with Crippen LogP contribution in [-0.4, -0.2) is 31.5 Å². The number of rotatable bonds is 2. The summed E-state index contributed by atoms with van der Waals surface area (Å²) >= 11 is 0. The number of nitrogens with one attached hydrogen (secondary N) is 1. The molecule has 5 heteroatoms. The van der Waals surface area contributed by atoms with Gasteiger partial charge in [0.1, 0.15) is 5.75 Å². The van der Waals surface area contributed by atoms with Crippen molar-refractivity contribution in [2.24, 2.45) is 0 Å². The van der Waals surface area contributed by atoms with Crippen LogP contribution >= 0.6 is 0 Å². The van der Waals surface area contributed by atoms with Gasteiger partial charge in [-0.05, 0) is 38.1 Å². The SMILES string of the molecule is CNC(=O)[C@@H]1CN(C(=O)c2cc(C)cc(C)c2)c2ccccc2O1. The molecule has 0 saturated carbocycles. The van der Waals surface area contributed by atoms with Gasteiger partial charge in [-0.2, -0.15) is 0 Å². The van der Waals surface area contributed by atoms with Gasteiger partial charge in [0.05, 0.1) is 12.2 Å². The van der Waals surface area contributed by atoms with E-state index in [4.69, 9.17) is 4.74 Å². The van der Waals surface area contributed by atoms with E-state index in [9.17, 15) is 9.59 Å². The first-order chi connectivity index (χ1) is 11.5. The van der Waals surface area contributed by atoms with Crippen LogP contribution in [0, 0.1) is 13.8 Å². The minimum atomic E-state index is -0.722. The van der Waals surface area contributed by atoms with Crippen LogP contribution in [-0.2, 0) is 4.79 Å². The number of aryl methyl sites for hydroxylation is 2. The Morgan fingerprint density at radius 1 is 1.12 bits per heavy atom. The molecule has 0 radical (unpaired) electrons. The molecule has 1 atom stereocenters. The van der Waals surface area contributed by atoms with Crippen LogP contribution in [0.3, 0.4) is 0 Å². The van der Waals surface area contributed by atoms with Crippen molar-refractivity contribution in [1.29, 1.82) is 0 Å². The van der Waals surface area contributed by atoms with E-state index in [0.717, 1.165) is 11.1 Å². The summed E-state index contributed by atoms with van der Waals surface area (Å²) in [5, 5.41) is 2.58. The number of nitrogens with zero attached hydrogens (tertiary/aromatic N) is 1. The van der Waals surface area contributed by atoms with Crippen LogP contribution in [0.4, 0.5) is 5.69 Å². The summed E-state index contributed by atoms with van der Waals surface area (Å²) in [5.74, 6) is 0.157. The molecule has 2 aromatic carbocycles. The molecular weight excluding hydrogens is 304 g/mol. The molecule has 124 valence electrons. The van der Waals surface area contributed by atoms with Crippen LogP contribution in [0.2, 0.25) is 0 Å². The van der Waals surface area contributed by atoms with Crippen molar-refractivity contribution in [2.45, 2.75) is 20.0 Å². The molecule has 0 saturated heterocycles. The summed E-state index contributed by atoms with van der Waals surface area (Å²) in [4.78, 5) is 26.7. The number of hydrogen-bond donors (Lipinski definition) is 1. The lowest BCUT2D eigenvalue weighted by molar-refractivity contribution is -0.127. The van der Waals surface area contributed by atoms with Crippen molar-refractivity contribution >= 4 is 17.5 Å². The van der Waals surface area contributed by atoms with E-state index in [1.54, 1.807) is 18.0 Å². The Labute approximate surface area is 141 Å². The molecule has 5 nitrogen and oxygen atoms in total. The maximum atomic E-state index is 13.1. The number of ether oxygens (including phenoxy) is 1. The second kappa shape index (κ2) is 6.35. The fourth-order valence-electron chi connectivity index (χ4n) is 2.98. The van der Waals surface area contributed by atoms with Gasteiger partial charge in [0, 0.05) is 12.6 Å². The number of fused-ring (bicyclic) bond motifs is 1. The van der Waals surface area contributed by atoms with Crippen LogP contribution in [0.25, 0.3) is 0 Å². The molecule has 0 fully saturated rings. The molecule has 24 heavy (non-hydrogen) atoms. The molecule has 0 bridgehead atoms. The Bertz CT molecular complexity index is 781. The number of para-hydroxylation sites is 2. The Kier molecular flexibility index (Phi) is 4.25. The number of amides is 2. The second-order valence-electron chi connectivity index (χ2n) is 5.98. The van der Waals surface area contributed by atoms with Crippen molar-refractivity contribution in [1.82, 2.24) is 5.32 Å². The summed E-state index contributed by atoms with van der Waals surface area (Å²) in [7, 11) is 1.56. The van der Waals surface area contributed by atoms with Crippen molar-refractivity contribution < 1.29 is 14.3 Å². The molecule has 1 N–H and O–H groups in total. The topological polar surface area (TPSA) is 58.6 Å². The normalized spacial score (nSPS) is 16.1. The second-order valence-corrected chi connectivity index (χ2v) is 5.98. The van der Waals surface area contributed by atoms with E-state index in [0.29, 0.717) is 17.0 Å². The first-order valence-corrected chi connectivity index (χ1v) is 7.87. The molecule has 3 rings (SSSR count). The zero-order valence-electron chi connectivity index (χ0n) is 14.0.